The minimum atomic E-state index is -1.01. The summed E-state index contributed by atoms with van der Waals surface area (Å²) < 4.78 is 1.59. The van der Waals surface area contributed by atoms with Crippen LogP contribution in [0.1, 0.15) is 30.1 Å². The number of fused-ring (bicyclic) bond motifs is 1. The molecule has 1 fully saturated rings. The number of hydrogen-bond acceptors (Lipinski definition) is 2. The molecule has 5 nitrogen and oxygen atoms in total. The Hall–Kier alpha value is -2.04. The van der Waals surface area contributed by atoms with Crippen molar-refractivity contribution in [2.75, 3.05) is 0 Å². The normalized spacial score (nSPS) is 17.2. The molecule has 1 aromatic heterocycles. The van der Waals surface area contributed by atoms with Gasteiger partial charge in [-0.2, -0.15) is 0 Å². The van der Waals surface area contributed by atoms with Gasteiger partial charge in [0.1, 0.15) is 0 Å². The van der Waals surface area contributed by atoms with E-state index in [1.807, 2.05) is 6.92 Å². The fourth-order valence-electron chi connectivity index (χ4n) is 2.25. The first-order valence-corrected chi connectivity index (χ1v) is 5.50. The zero-order valence-corrected chi connectivity index (χ0v) is 9.36. The highest BCUT2D eigenvalue weighted by Gasteiger charge is 2.42. The van der Waals surface area contributed by atoms with E-state index in [0.717, 1.165) is 12.8 Å². The Labute approximate surface area is 96.7 Å². The minimum Gasteiger partial charge on any atom is -0.478 e. The van der Waals surface area contributed by atoms with E-state index in [2.05, 4.69) is 4.98 Å². The molecule has 0 amide bonds. The Morgan fingerprint density at radius 2 is 2.18 bits per heavy atom. The summed E-state index contributed by atoms with van der Waals surface area (Å²) in [6, 6.07) is 4.90. The molecular formula is C12H12N2O3. The molecule has 2 aromatic rings. The maximum atomic E-state index is 11.9. The molecule has 0 aliphatic heterocycles. The van der Waals surface area contributed by atoms with Crippen molar-refractivity contribution in [1.29, 1.82) is 0 Å². The number of H-pyrrole nitrogens is 1. The van der Waals surface area contributed by atoms with Crippen LogP contribution in [0.3, 0.4) is 0 Å². The number of imidazole rings is 1. The fraction of sp³-hybridized carbons (Fsp3) is 0.333. The van der Waals surface area contributed by atoms with Gasteiger partial charge in [0, 0.05) is 5.54 Å². The molecule has 3 rings (SSSR count). The van der Waals surface area contributed by atoms with E-state index >= 15 is 0 Å². The van der Waals surface area contributed by atoms with Gasteiger partial charge in [-0.1, -0.05) is 6.07 Å². The summed E-state index contributed by atoms with van der Waals surface area (Å²) in [6.07, 6.45) is 1.82. The van der Waals surface area contributed by atoms with Gasteiger partial charge in [-0.05, 0) is 31.9 Å². The smallest absolute Gasteiger partial charge is 0.337 e. The lowest BCUT2D eigenvalue weighted by Crippen LogP contribution is -2.26. The number of nitrogens with one attached hydrogen (secondary N) is 1. The third-order valence-electron chi connectivity index (χ3n) is 3.45. The van der Waals surface area contributed by atoms with E-state index in [1.165, 1.54) is 6.07 Å². The molecule has 1 heterocycles. The quantitative estimate of drug-likeness (QED) is 0.824. The fourth-order valence-corrected chi connectivity index (χ4v) is 2.25. The van der Waals surface area contributed by atoms with Gasteiger partial charge in [0.25, 0.3) is 0 Å². The highest BCUT2D eigenvalue weighted by molar-refractivity contribution is 6.01. The van der Waals surface area contributed by atoms with Crippen molar-refractivity contribution in [1.82, 2.24) is 9.55 Å². The number of carboxylic acid groups (broad SMARTS) is 1. The van der Waals surface area contributed by atoms with Crippen LogP contribution in [-0.2, 0) is 5.54 Å². The lowest BCUT2D eigenvalue weighted by molar-refractivity contribution is 0.0698. The minimum absolute atomic E-state index is 0.175. The molecule has 0 bridgehead atoms. The zero-order valence-electron chi connectivity index (χ0n) is 9.36. The van der Waals surface area contributed by atoms with Crippen LogP contribution in [0.5, 0.6) is 0 Å². The van der Waals surface area contributed by atoms with Crippen molar-refractivity contribution in [2.45, 2.75) is 25.3 Å². The van der Waals surface area contributed by atoms with Crippen LogP contribution in [0.25, 0.3) is 11.0 Å². The Morgan fingerprint density at radius 1 is 1.47 bits per heavy atom. The Bertz CT molecular complexity index is 677. The van der Waals surface area contributed by atoms with Gasteiger partial charge in [-0.25, -0.2) is 9.59 Å². The molecular weight excluding hydrogens is 220 g/mol. The van der Waals surface area contributed by atoms with Crippen LogP contribution < -0.4 is 5.69 Å². The number of hydrogen-bond donors (Lipinski definition) is 2. The number of carbonyl (C=O) groups is 1. The van der Waals surface area contributed by atoms with Crippen LogP contribution in [0.4, 0.5) is 0 Å². The second-order valence-electron chi connectivity index (χ2n) is 4.77. The molecule has 1 aromatic carbocycles. The highest BCUT2D eigenvalue weighted by Crippen LogP contribution is 2.43. The van der Waals surface area contributed by atoms with E-state index in [9.17, 15) is 14.7 Å². The lowest BCUT2D eigenvalue weighted by atomic mass is 10.1. The molecule has 0 unspecified atom stereocenters. The Morgan fingerprint density at radius 3 is 2.76 bits per heavy atom. The number of benzene rings is 1. The van der Waals surface area contributed by atoms with Crippen LogP contribution in [0.15, 0.2) is 23.0 Å². The van der Waals surface area contributed by atoms with E-state index in [4.69, 9.17) is 0 Å². The van der Waals surface area contributed by atoms with Crippen molar-refractivity contribution in [2.24, 2.45) is 0 Å². The first-order valence-electron chi connectivity index (χ1n) is 5.50. The number of nitrogens with zero attached hydrogens (tertiary/aromatic N) is 1. The summed E-state index contributed by atoms with van der Waals surface area (Å²) in [4.78, 5) is 25.8. The molecule has 1 aliphatic carbocycles. The van der Waals surface area contributed by atoms with Crippen molar-refractivity contribution in [3.8, 4) is 0 Å². The molecule has 5 heteroatoms. The van der Waals surface area contributed by atoms with Crippen LogP contribution in [0, 0.1) is 0 Å². The van der Waals surface area contributed by atoms with Crippen LogP contribution in [0.2, 0.25) is 0 Å². The van der Waals surface area contributed by atoms with Crippen molar-refractivity contribution in [3.05, 3.63) is 34.2 Å². The van der Waals surface area contributed by atoms with Gasteiger partial charge in [0.15, 0.2) is 0 Å². The predicted octanol–water partition coefficient (Wildman–Crippen LogP) is 1.54. The zero-order chi connectivity index (χ0) is 12.2. The molecule has 88 valence electrons. The Balaban J connectivity index is 2.45. The number of para-hydroxylation sites is 1. The summed E-state index contributed by atoms with van der Waals surface area (Å²) in [5.74, 6) is -1.01. The lowest BCUT2D eigenvalue weighted by Gasteiger charge is -2.11. The van der Waals surface area contributed by atoms with Crippen LogP contribution in [-0.4, -0.2) is 20.6 Å². The molecule has 2 N–H and O–H groups in total. The monoisotopic (exact) mass is 232 g/mol. The number of aromatic nitrogens is 2. The average Bonchev–Trinajstić information content (AvgIpc) is 2.90. The van der Waals surface area contributed by atoms with Gasteiger partial charge in [0.05, 0.1) is 16.6 Å². The molecule has 0 radical (unpaired) electrons. The number of aromatic amines is 1. The average molecular weight is 232 g/mol. The van der Waals surface area contributed by atoms with Gasteiger partial charge in [-0.15, -0.1) is 0 Å². The van der Waals surface area contributed by atoms with Gasteiger partial charge >= 0.3 is 11.7 Å². The maximum Gasteiger partial charge on any atom is 0.337 e. The predicted molar refractivity (Wildman–Crippen MR) is 62.4 cm³/mol. The van der Waals surface area contributed by atoms with E-state index in [0.29, 0.717) is 11.0 Å². The molecule has 1 saturated carbocycles. The molecule has 1 aliphatic rings. The molecule has 0 spiro atoms. The summed E-state index contributed by atoms with van der Waals surface area (Å²) in [5.41, 5.74) is 0.816. The van der Waals surface area contributed by atoms with Crippen molar-refractivity contribution < 1.29 is 9.90 Å². The number of carboxylic acids is 1. The van der Waals surface area contributed by atoms with E-state index < -0.39 is 5.97 Å². The molecule has 0 atom stereocenters. The largest absolute Gasteiger partial charge is 0.478 e. The number of rotatable bonds is 2. The van der Waals surface area contributed by atoms with Crippen molar-refractivity contribution >= 4 is 17.0 Å². The van der Waals surface area contributed by atoms with Gasteiger partial charge < -0.3 is 10.1 Å². The third kappa shape index (κ3) is 1.32. The second kappa shape index (κ2) is 3.00. The summed E-state index contributed by atoms with van der Waals surface area (Å²) >= 11 is 0. The van der Waals surface area contributed by atoms with Gasteiger partial charge in [-0.3, -0.25) is 4.57 Å². The first-order chi connectivity index (χ1) is 8.03. The maximum absolute atomic E-state index is 11.9. The van der Waals surface area contributed by atoms with E-state index in [-0.39, 0.29) is 16.8 Å². The third-order valence-corrected chi connectivity index (χ3v) is 3.45. The van der Waals surface area contributed by atoms with Crippen LogP contribution >= 0.6 is 0 Å². The number of aromatic carboxylic acids is 1. The molecule has 17 heavy (non-hydrogen) atoms. The molecule has 0 saturated heterocycles. The summed E-state index contributed by atoms with van der Waals surface area (Å²) in [7, 11) is 0. The standard InChI is InChI=1S/C12H12N2O3/c1-12(5-6-12)14-9-7(10(15)16)3-2-4-8(9)13-11(14)17/h2-4H,5-6H2,1H3,(H,13,17)(H,15,16). The van der Waals surface area contributed by atoms with Crippen molar-refractivity contribution in [3.63, 3.8) is 0 Å². The summed E-state index contributed by atoms with van der Waals surface area (Å²) in [6.45, 7) is 1.97. The van der Waals surface area contributed by atoms with E-state index in [1.54, 1.807) is 16.7 Å². The summed E-state index contributed by atoms with van der Waals surface area (Å²) in [5, 5.41) is 9.17. The first kappa shape index (κ1) is 10.1. The second-order valence-corrected chi connectivity index (χ2v) is 4.77. The topological polar surface area (TPSA) is 75.1 Å². The van der Waals surface area contributed by atoms with Gasteiger partial charge in [0.2, 0.25) is 0 Å². The highest BCUT2D eigenvalue weighted by atomic mass is 16.4. The Kier molecular flexibility index (Phi) is 1.79. The SMILES string of the molecule is CC1(n2c(=O)[nH]c3cccc(C(=O)O)c32)CC1.